The molecule has 0 radical (unpaired) electrons. The van der Waals surface area contributed by atoms with Gasteiger partial charge in [-0.25, -0.2) is 0 Å². The number of ether oxygens (including phenoxy) is 2. The van der Waals surface area contributed by atoms with Gasteiger partial charge in [-0.2, -0.15) is 0 Å². The van der Waals surface area contributed by atoms with Gasteiger partial charge in [0.1, 0.15) is 0 Å². The molecule has 3 rings (SSSR count). The number of hydrogen-bond acceptors (Lipinski definition) is 3. The molecule has 0 heterocycles. The van der Waals surface area contributed by atoms with Gasteiger partial charge in [0, 0.05) is 16.8 Å². The smallest absolute Gasteiger partial charge is 0.262 e. The Balaban J connectivity index is 1.61. The Morgan fingerprint density at radius 3 is 2.30 bits per heavy atom. The Morgan fingerprint density at radius 1 is 0.852 bits per heavy atom. The molecular weight excluding hydrogens is 338 g/mol. The highest BCUT2D eigenvalue weighted by atomic mass is 16.5. The lowest BCUT2D eigenvalue weighted by Gasteiger charge is -2.10. The van der Waals surface area contributed by atoms with E-state index in [2.05, 4.69) is 17.2 Å². The van der Waals surface area contributed by atoms with Crippen LogP contribution in [0.5, 0.6) is 11.5 Å². The highest BCUT2D eigenvalue weighted by Crippen LogP contribution is 2.25. The first-order valence-electron chi connectivity index (χ1n) is 8.47. The number of amides is 1. The van der Waals surface area contributed by atoms with Gasteiger partial charge in [-0.05, 0) is 42.5 Å². The highest BCUT2D eigenvalue weighted by molar-refractivity contribution is 5.92. The molecule has 1 N–H and O–H groups in total. The van der Waals surface area contributed by atoms with E-state index < -0.39 is 0 Å². The fourth-order valence-corrected chi connectivity index (χ4v) is 2.42. The van der Waals surface area contributed by atoms with Crippen molar-refractivity contribution in [2.45, 2.75) is 0 Å². The molecule has 0 atom stereocenters. The van der Waals surface area contributed by atoms with Crippen LogP contribution in [0.2, 0.25) is 0 Å². The molecule has 4 nitrogen and oxygen atoms in total. The topological polar surface area (TPSA) is 47.6 Å². The Morgan fingerprint density at radius 2 is 1.52 bits per heavy atom. The summed E-state index contributed by atoms with van der Waals surface area (Å²) in [5, 5.41) is 2.82. The maximum Gasteiger partial charge on any atom is 0.262 e. The summed E-state index contributed by atoms with van der Waals surface area (Å²) in [7, 11) is 1.56. The fraction of sp³-hybridized carbons (Fsp3) is 0.0870. The van der Waals surface area contributed by atoms with Crippen molar-refractivity contribution in [1.82, 2.24) is 0 Å². The molecule has 134 valence electrons. The Labute approximate surface area is 158 Å². The largest absolute Gasteiger partial charge is 0.493 e. The molecule has 3 aromatic rings. The molecule has 0 saturated heterocycles. The second-order valence-electron chi connectivity index (χ2n) is 5.68. The first kappa shape index (κ1) is 18.1. The van der Waals surface area contributed by atoms with E-state index in [1.807, 2.05) is 66.7 Å². The van der Waals surface area contributed by atoms with E-state index in [1.165, 1.54) is 0 Å². The van der Waals surface area contributed by atoms with Crippen LogP contribution in [0.15, 0.2) is 78.9 Å². The molecule has 0 aromatic heterocycles. The lowest BCUT2D eigenvalue weighted by molar-refractivity contribution is -0.118. The van der Waals surface area contributed by atoms with Gasteiger partial charge in [-0.3, -0.25) is 4.79 Å². The summed E-state index contributed by atoms with van der Waals surface area (Å²) < 4.78 is 10.7. The van der Waals surface area contributed by atoms with Gasteiger partial charge in [-0.15, -0.1) is 0 Å². The monoisotopic (exact) mass is 357 g/mol. The van der Waals surface area contributed by atoms with Crippen LogP contribution in [0, 0.1) is 11.8 Å². The SMILES string of the molecule is COc1ccccc1OCC(=O)Nc1cccc(C#Cc2ccccc2)c1. The third-order valence-electron chi connectivity index (χ3n) is 3.70. The predicted octanol–water partition coefficient (Wildman–Crippen LogP) is 4.11. The Kier molecular flexibility index (Phi) is 6.11. The van der Waals surface area contributed by atoms with E-state index >= 15 is 0 Å². The van der Waals surface area contributed by atoms with Crippen LogP contribution in [0.3, 0.4) is 0 Å². The van der Waals surface area contributed by atoms with E-state index in [1.54, 1.807) is 19.2 Å². The Bertz CT molecular complexity index is 971. The minimum Gasteiger partial charge on any atom is -0.493 e. The van der Waals surface area contributed by atoms with Gasteiger partial charge in [0.05, 0.1) is 7.11 Å². The molecule has 0 aliphatic rings. The minimum atomic E-state index is -0.255. The number of benzene rings is 3. The summed E-state index contributed by atoms with van der Waals surface area (Å²) >= 11 is 0. The Hall–Kier alpha value is -3.71. The van der Waals surface area contributed by atoms with Crippen LogP contribution in [-0.4, -0.2) is 19.6 Å². The average Bonchev–Trinajstić information content (AvgIpc) is 2.72. The standard InChI is InChI=1S/C23H19NO3/c1-26-21-12-5-6-13-22(21)27-17-23(25)24-20-11-7-10-19(16-20)15-14-18-8-3-2-4-9-18/h2-13,16H,17H2,1H3,(H,24,25). The number of methoxy groups -OCH3 is 1. The molecule has 27 heavy (non-hydrogen) atoms. The van der Waals surface area contributed by atoms with Gasteiger partial charge in [-0.1, -0.05) is 48.2 Å². The first-order valence-corrected chi connectivity index (χ1v) is 8.47. The molecule has 1 amide bonds. The van der Waals surface area contributed by atoms with Crippen LogP contribution >= 0.6 is 0 Å². The van der Waals surface area contributed by atoms with Gasteiger partial charge < -0.3 is 14.8 Å². The molecule has 0 saturated carbocycles. The number of carbonyl (C=O) groups is 1. The highest BCUT2D eigenvalue weighted by Gasteiger charge is 2.07. The quantitative estimate of drug-likeness (QED) is 0.699. The van der Waals surface area contributed by atoms with E-state index in [4.69, 9.17) is 9.47 Å². The maximum atomic E-state index is 12.2. The molecule has 0 aliphatic carbocycles. The molecule has 0 fully saturated rings. The summed E-state index contributed by atoms with van der Waals surface area (Å²) in [6.45, 7) is -0.111. The molecule has 4 heteroatoms. The number of hydrogen-bond donors (Lipinski definition) is 1. The second kappa shape index (κ2) is 9.12. The summed E-state index contributed by atoms with van der Waals surface area (Å²) in [6, 6.07) is 24.3. The van der Waals surface area contributed by atoms with Gasteiger partial charge in [0.2, 0.25) is 0 Å². The van der Waals surface area contributed by atoms with Crippen LogP contribution in [0.1, 0.15) is 11.1 Å². The summed E-state index contributed by atoms with van der Waals surface area (Å²) in [5.74, 6) is 7.05. The van der Waals surface area contributed by atoms with Gasteiger partial charge in [0.25, 0.3) is 5.91 Å². The van der Waals surface area contributed by atoms with Crippen LogP contribution in [0.4, 0.5) is 5.69 Å². The maximum absolute atomic E-state index is 12.2. The zero-order valence-corrected chi connectivity index (χ0v) is 14.9. The van der Waals surface area contributed by atoms with Crippen molar-refractivity contribution in [3.8, 4) is 23.3 Å². The summed E-state index contributed by atoms with van der Waals surface area (Å²) in [6.07, 6.45) is 0. The van der Waals surface area contributed by atoms with Crippen molar-refractivity contribution >= 4 is 11.6 Å². The predicted molar refractivity (Wildman–Crippen MR) is 106 cm³/mol. The fourth-order valence-electron chi connectivity index (χ4n) is 2.42. The van der Waals surface area contributed by atoms with Crippen molar-refractivity contribution in [3.63, 3.8) is 0 Å². The van der Waals surface area contributed by atoms with Gasteiger partial charge >= 0.3 is 0 Å². The molecular formula is C23H19NO3. The van der Waals surface area contributed by atoms with Crippen molar-refractivity contribution in [1.29, 1.82) is 0 Å². The normalized spacial score (nSPS) is 9.67. The molecule has 3 aromatic carbocycles. The summed E-state index contributed by atoms with van der Waals surface area (Å²) in [4.78, 5) is 12.2. The van der Waals surface area contributed by atoms with E-state index in [9.17, 15) is 4.79 Å². The number of nitrogens with one attached hydrogen (secondary N) is 1. The molecule has 0 unspecified atom stereocenters. The van der Waals surface area contributed by atoms with Crippen molar-refractivity contribution < 1.29 is 14.3 Å². The first-order chi connectivity index (χ1) is 13.2. The number of carbonyl (C=O) groups excluding carboxylic acids is 1. The van der Waals surface area contributed by atoms with Crippen LogP contribution in [0.25, 0.3) is 0 Å². The summed E-state index contributed by atoms with van der Waals surface area (Å²) in [5.41, 5.74) is 2.43. The lowest BCUT2D eigenvalue weighted by Crippen LogP contribution is -2.20. The second-order valence-corrected chi connectivity index (χ2v) is 5.68. The molecule has 0 spiro atoms. The number of para-hydroxylation sites is 2. The van der Waals surface area contributed by atoms with E-state index in [0.717, 1.165) is 11.1 Å². The third-order valence-corrected chi connectivity index (χ3v) is 3.70. The van der Waals surface area contributed by atoms with Gasteiger partial charge in [0.15, 0.2) is 18.1 Å². The minimum absolute atomic E-state index is 0.111. The average molecular weight is 357 g/mol. The zero-order chi connectivity index (χ0) is 18.9. The van der Waals surface area contributed by atoms with E-state index in [0.29, 0.717) is 17.2 Å². The zero-order valence-electron chi connectivity index (χ0n) is 14.9. The van der Waals surface area contributed by atoms with Crippen molar-refractivity contribution in [3.05, 3.63) is 90.0 Å². The van der Waals surface area contributed by atoms with Crippen molar-refractivity contribution in [2.24, 2.45) is 0 Å². The van der Waals surface area contributed by atoms with E-state index in [-0.39, 0.29) is 12.5 Å². The number of anilines is 1. The number of rotatable bonds is 5. The third kappa shape index (κ3) is 5.38. The van der Waals surface area contributed by atoms with Crippen LogP contribution in [-0.2, 0) is 4.79 Å². The van der Waals surface area contributed by atoms with Crippen LogP contribution < -0.4 is 14.8 Å². The van der Waals surface area contributed by atoms with Crippen molar-refractivity contribution in [2.75, 3.05) is 19.0 Å². The molecule has 0 aliphatic heterocycles. The molecule has 0 bridgehead atoms. The lowest BCUT2D eigenvalue weighted by atomic mass is 10.1.